The van der Waals surface area contributed by atoms with Crippen LogP contribution in [0.2, 0.25) is 0 Å². The van der Waals surface area contributed by atoms with E-state index in [9.17, 15) is 9.18 Å². The van der Waals surface area contributed by atoms with Crippen LogP contribution in [-0.4, -0.2) is 37.0 Å². The third-order valence-corrected chi connectivity index (χ3v) is 3.34. The topological polar surface area (TPSA) is 32.3 Å². The van der Waals surface area contributed by atoms with Gasteiger partial charge in [-0.05, 0) is 50.7 Å². The summed E-state index contributed by atoms with van der Waals surface area (Å²) in [6.07, 6.45) is 2.24. The lowest BCUT2D eigenvalue weighted by molar-refractivity contribution is -0.121. The van der Waals surface area contributed by atoms with Crippen LogP contribution in [-0.2, 0) is 11.2 Å². The van der Waals surface area contributed by atoms with Crippen molar-refractivity contribution in [3.63, 3.8) is 0 Å². The van der Waals surface area contributed by atoms with Gasteiger partial charge >= 0.3 is 0 Å². The molecular weight excluding hydrogens is 231 g/mol. The van der Waals surface area contributed by atoms with E-state index in [1.54, 1.807) is 12.1 Å². The van der Waals surface area contributed by atoms with Crippen molar-refractivity contribution < 1.29 is 9.18 Å². The van der Waals surface area contributed by atoms with Crippen molar-refractivity contribution in [3.05, 3.63) is 35.6 Å². The largest absolute Gasteiger partial charge is 0.353 e. The lowest BCUT2D eigenvalue weighted by Gasteiger charge is -2.29. The molecular formula is C14H19FN2O. The number of likely N-dealkylation sites (tertiary alicyclic amines) is 1. The molecule has 0 bridgehead atoms. The van der Waals surface area contributed by atoms with Gasteiger partial charge in [0.2, 0.25) is 5.91 Å². The van der Waals surface area contributed by atoms with Crippen molar-refractivity contribution in [3.8, 4) is 0 Å². The highest BCUT2D eigenvalue weighted by atomic mass is 19.1. The van der Waals surface area contributed by atoms with Crippen LogP contribution in [0.3, 0.4) is 0 Å². The molecule has 18 heavy (non-hydrogen) atoms. The highest BCUT2D eigenvalue weighted by Crippen LogP contribution is 2.09. The summed E-state index contributed by atoms with van der Waals surface area (Å²) in [6.45, 7) is 2.04. The zero-order valence-corrected chi connectivity index (χ0v) is 10.7. The van der Waals surface area contributed by atoms with Gasteiger partial charge in [0.25, 0.3) is 0 Å². The number of rotatable bonds is 3. The highest BCUT2D eigenvalue weighted by molar-refractivity contribution is 5.78. The van der Waals surface area contributed by atoms with Crippen molar-refractivity contribution in [1.82, 2.24) is 10.2 Å². The van der Waals surface area contributed by atoms with Crippen LogP contribution in [0.25, 0.3) is 0 Å². The molecule has 1 aromatic carbocycles. The molecule has 0 spiro atoms. The van der Waals surface area contributed by atoms with Gasteiger partial charge in [0.1, 0.15) is 5.82 Å². The lowest BCUT2D eigenvalue weighted by Crippen LogP contribution is -2.43. The average Bonchev–Trinajstić information content (AvgIpc) is 2.32. The van der Waals surface area contributed by atoms with Crippen LogP contribution >= 0.6 is 0 Å². The van der Waals surface area contributed by atoms with Gasteiger partial charge in [0.15, 0.2) is 0 Å². The van der Waals surface area contributed by atoms with E-state index in [1.165, 1.54) is 12.1 Å². The number of hydrogen-bond donors (Lipinski definition) is 1. The van der Waals surface area contributed by atoms with Crippen LogP contribution in [0.1, 0.15) is 18.4 Å². The summed E-state index contributed by atoms with van der Waals surface area (Å²) in [5.41, 5.74) is 0.723. The second-order valence-corrected chi connectivity index (χ2v) is 4.95. The minimum atomic E-state index is -0.292. The predicted octanol–water partition coefficient (Wildman–Crippen LogP) is 1.58. The Morgan fingerprint density at radius 1 is 1.44 bits per heavy atom. The van der Waals surface area contributed by atoms with E-state index in [0.29, 0.717) is 0 Å². The summed E-state index contributed by atoms with van der Waals surface area (Å²) in [5.74, 6) is -0.310. The number of piperidine rings is 1. The van der Waals surface area contributed by atoms with E-state index >= 15 is 0 Å². The van der Waals surface area contributed by atoms with E-state index in [4.69, 9.17) is 0 Å². The number of nitrogens with zero attached hydrogens (tertiary/aromatic N) is 1. The molecule has 2 rings (SSSR count). The Bertz CT molecular complexity index is 414. The molecule has 0 saturated carbocycles. The minimum Gasteiger partial charge on any atom is -0.353 e. The standard InChI is InChI=1S/C14H19FN2O/c1-17-7-5-13(6-8-17)16-14(18)10-11-3-2-4-12(15)9-11/h2-4,9,13H,5-8,10H2,1H3,(H,16,18). The maximum Gasteiger partial charge on any atom is 0.224 e. The molecule has 1 aliphatic heterocycles. The fraction of sp³-hybridized carbons (Fsp3) is 0.500. The van der Waals surface area contributed by atoms with E-state index in [1.807, 2.05) is 0 Å². The van der Waals surface area contributed by atoms with Gasteiger partial charge in [-0.1, -0.05) is 12.1 Å². The fourth-order valence-corrected chi connectivity index (χ4v) is 2.26. The van der Waals surface area contributed by atoms with Crippen LogP contribution < -0.4 is 5.32 Å². The van der Waals surface area contributed by atoms with Crippen molar-refractivity contribution in [1.29, 1.82) is 0 Å². The molecule has 0 aromatic heterocycles. The summed E-state index contributed by atoms with van der Waals surface area (Å²) in [6, 6.07) is 6.47. The Morgan fingerprint density at radius 3 is 2.83 bits per heavy atom. The summed E-state index contributed by atoms with van der Waals surface area (Å²) in [7, 11) is 2.09. The summed E-state index contributed by atoms with van der Waals surface area (Å²) >= 11 is 0. The number of amides is 1. The van der Waals surface area contributed by atoms with Gasteiger partial charge in [0, 0.05) is 6.04 Å². The van der Waals surface area contributed by atoms with E-state index in [0.717, 1.165) is 31.5 Å². The third-order valence-electron chi connectivity index (χ3n) is 3.34. The smallest absolute Gasteiger partial charge is 0.224 e. The van der Waals surface area contributed by atoms with Gasteiger partial charge in [-0.3, -0.25) is 4.79 Å². The zero-order chi connectivity index (χ0) is 13.0. The average molecular weight is 250 g/mol. The van der Waals surface area contributed by atoms with Gasteiger partial charge in [0.05, 0.1) is 6.42 Å². The molecule has 98 valence electrons. The Labute approximate surface area is 107 Å². The zero-order valence-electron chi connectivity index (χ0n) is 10.7. The molecule has 1 amide bonds. The molecule has 0 radical (unpaired) electrons. The summed E-state index contributed by atoms with van der Waals surface area (Å²) < 4.78 is 13.0. The number of nitrogens with one attached hydrogen (secondary N) is 1. The quantitative estimate of drug-likeness (QED) is 0.883. The van der Waals surface area contributed by atoms with Crippen LogP contribution in [0, 0.1) is 5.82 Å². The van der Waals surface area contributed by atoms with Gasteiger partial charge in [-0.25, -0.2) is 4.39 Å². The van der Waals surface area contributed by atoms with Crippen LogP contribution in [0.5, 0.6) is 0 Å². The molecule has 0 aliphatic carbocycles. The maximum absolute atomic E-state index is 13.0. The molecule has 0 unspecified atom stereocenters. The van der Waals surface area contributed by atoms with Gasteiger partial charge in [-0.15, -0.1) is 0 Å². The van der Waals surface area contributed by atoms with E-state index in [2.05, 4.69) is 17.3 Å². The van der Waals surface area contributed by atoms with E-state index in [-0.39, 0.29) is 24.2 Å². The van der Waals surface area contributed by atoms with E-state index < -0.39 is 0 Å². The summed E-state index contributed by atoms with van der Waals surface area (Å²) in [4.78, 5) is 14.1. The monoisotopic (exact) mass is 250 g/mol. The third kappa shape index (κ3) is 3.81. The fourth-order valence-electron chi connectivity index (χ4n) is 2.26. The maximum atomic E-state index is 13.0. The minimum absolute atomic E-state index is 0.0184. The Morgan fingerprint density at radius 2 is 2.17 bits per heavy atom. The first-order valence-electron chi connectivity index (χ1n) is 6.36. The van der Waals surface area contributed by atoms with Crippen LogP contribution in [0.4, 0.5) is 4.39 Å². The normalized spacial score (nSPS) is 17.7. The Hall–Kier alpha value is -1.42. The molecule has 3 nitrogen and oxygen atoms in total. The molecule has 1 heterocycles. The molecule has 0 atom stereocenters. The molecule has 1 saturated heterocycles. The predicted molar refractivity (Wildman–Crippen MR) is 68.8 cm³/mol. The Kier molecular flexibility index (Phi) is 4.31. The second kappa shape index (κ2) is 5.96. The number of hydrogen-bond acceptors (Lipinski definition) is 2. The molecule has 1 aliphatic rings. The van der Waals surface area contributed by atoms with Gasteiger partial charge < -0.3 is 10.2 Å². The second-order valence-electron chi connectivity index (χ2n) is 4.95. The number of carbonyl (C=O) groups is 1. The van der Waals surface area contributed by atoms with Crippen molar-refractivity contribution in [2.24, 2.45) is 0 Å². The lowest BCUT2D eigenvalue weighted by atomic mass is 10.0. The van der Waals surface area contributed by atoms with Crippen molar-refractivity contribution >= 4 is 5.91 Å². The first-order valence-corrected chi connectivity index (χ1v) is 6.36. The Balaban J connectivity index is 1.82. The molecule has 4 heteroatoms. The van der Waals surface area contributed by atoms with Gasteiger partial charge in [-0.2, -0.15) is 0 Å². The highest BCUT2D eigenvalue weighted by Gasteiger charge is 2.18. The number of benzene rings is 1. The first-order chi connectivity index (χ1) is 8.63. The molecule has 1 aromatic rings. The van der Waals surface area contributed by atoms with Crippen molar-refractivity contribution in [2.75, 3.05) is 20.1 Å². The molecule has 1 N–H and O–H groups in total. The molecule has 1 fully saturated rings. The summed E-state index contributed by atoms with van der Waals surface area (Å²) in [5, 5.41) is 3.02. The SMILES string of the molecule is CN1CCC(NC(=O)Cc2cccc(F)c2)CC1. The number of halogens is 1. The number of carbonyl (C=O) groups excluding carboxylic acids is 1. The van der Waals surface area contributed by atoms with Crippen molar-refractivity contribution in [2.45, 2.75) is 25.3 Å². The van der Waals surface area contributed by atoms with Crippen LogP contribution in [0.15, 0.2) is 24.3 Å². The first kappa shape index (κ1) is 13.0.